The number of nitriles is 1. The Balaban J connectivity index is 2.72. The third-order valence-corrected chi connectivity index (χ3v) is 5.22. The molecule has 0 spiro atoms. The van der Waals surface area contributed by atoms with Gasteiger partial charge in [0.1, 0.15) is 5.75 Å². The van der Waals surface area contributed by atoms with E-state index in [0.717, 1.165) is 11.3 Å². The van der Waals surface area contributed by atoms with Gasteiger partial charge in [0, 0.05) is 12.1 Å². The third kappa shape index (κ3) is 6.85. The number of nitrogens with zero attached hydrogens (tertiary/aromatic N) is 2. The van der Waals surface area contributed by atoms with Crippen molar-refractivity contribution in [1.82, 2.24) is 4.67 Å². The quantitative estimate of drug-likeness (QED) is 0.465. The molecule has 6 heteroatoms. The average molecular weight is 338 g/mol. The van der Waals surface area contributed by atoms with Gasteiger partial charge in [0.25, 0.3) is 8.53 Å². The van der Waals surface area contributed by atoms with E-state index in [2.05, 4.69) is 38.4 Å². The molecule has 5 nitrogen and oxygen atoms in total. The van der Waals surface area contributed by atoms with E-state index in [1.165, 1.54) is 0 Å². The lowest BCUT2D eigenvalue weighted by atomic mass is 10.2. The highest BCUT2D eigenvalue weighted by atomic mass is 31.2. The van der Waals surface area contributed by atoms with Gasteiger partial charge < -0.3 is 13.8 Å². The number of rotatable bonds is 10. The molecule has 1 atom stereocenters. The molecule has 0 aliphatic rings. The molecule has 0 saturated heterocycles. The first-order valence-electron chi connectivity index (χ1n) is 7.83. The maximum Gasteiger partial charge on any atom is 0.259 e. The van der Waals surface area contributed by atoms with Crippen LogP contribution in [0.25, 0.3) is 0 Å². The minimum atomic E-state index is -1.20. The summed E-state index contributed by atoms with van der Waals surface area (Å²) in [6, 6.07) is 10.5. The lowest BCUT2D eigenvalue weighted by molar-refractivity contribution is 0.171. The van der Waals surface area contributed by atoms with Crippen LogP contribution in [-0.2, 0) is 15.7 Å². The Labute approximate surface area is 141 Å². The second-order valence-electron chi connectivity index (χ2n) is 5.67. The Morgan fingerprint density at radius 1 is 1.09 bits per heavy atom. The Morgan fingerprint density at radius 3 is 2.17 bits per heavy atom. The predicted octanol–water partition coefficient (Wildman–Crippen LogP) is 4.49. The first-order chi connectivity index (χ1) is 11.0. The van der Waals surface area contributed by atoms with Gasteiger partial charge in [-0.15, -0.1) is 0 Å². The molecular weight excluding hydrogens is 311 g/mol. The molecular formula is C17H27N2O3P. The maximum absolute atomic E-state index is 8.70. The topological polar surface area (TPSA) is 54.7 Å². The van der Waals surface area contributed by atoms with Crippen LogP contribution >= 0.6 is 8.53 Å². The second kappa shape index (κ2) is 10.6. The Morgan fingerprint density at radius 2 is 1.70 bits per heavy atom. The van der Waals surface area contributed by atoms with Gasteiger partial charge in [0.15, 0.2) is 0 Å². The molecule has 0 aliphatic carbocycles. The van der Waals surface area contributed by atoms with E-state index in [1.54, 1.807) is 7.11 Å². The fourth-order valence-electron chi connectivity index (χ4n) is 2.16. The smallest absolute Gasteiger partial charge is 0.259 e. The zero-order valence-corrected chi connectivity index (χ0v) is 15.5. The summed E-state index contributed by atoms with van der Waals surface area (Å²) in [5.41, 5.74) is 1.06. The standard InChI is InChI=1S/C17H27N2O3P/c1-14(2)19(15(3)4)23(21-12-6-11-18)22-13-16-7-9-17(20-5)10-8-16/h7-10,14-15H,6,12-13H2,1-5H3. The number of benzene rings is 1. The number of hydrogen-bond donors (Lipinski definition) is 0. The number of methoxy groups -OCH3 is 1. The van der Waals surface area contributed by atoms with Gasteiger partial charge in [-0.3, -0.25) is 0 Å². The van der Waals surface area contributed by atoms with Crippen LogP contribution in [0.5, 0.6) is 5.75 Å². The summed E-state index contributed by atoms with van der Waals surface area (Å²) in [6.07, 6.45) is 0.370. The Kier molecular flexibility index (Phi) is 9.13. The molecule has 0 amide bonds. The van der Waals surface area contributed by atoms with Gasteiger partial charge >= 0.3 is 0 Å². The molecule has 0 fully saturated rings. The first kappa shape index (κ1) is 19.9. The van der Waals surface area contributed by atoms with Crippen LogP contribution in [-0.4, -0.2) is 30.5 Å². The summed E-state index contributed by atoms with van der Waals surface area (Å²) in [4.78, 5) is 0. The third-order valence-electron chi connectivity index (χ3n) is 3.16. The highest BCUT2D eigenvalue weighted by Crippen LogP contribution is 2.46. The maximum atomic E-state index is 8.70. The van der Waals surface area contributed by atoms with E-state index in [4.69, 9.17) is 19.0 Å². The zero-order valence-electron chi connectivity index (χ0n) is 14.7. The zero-order chi connectivity index (χ0) is 17.2. The molecule has 0 radical (unpaired) electrons. The summed E-state index contributed by atoms with van der Waals surface area (Å²) < 4.78 is 19.3. The molecule has 1 aromatic rings. The van der Waals surface area contributed by atoms with Crippen molar-refractivity contribution in [3.8, 4) is 11.8 Å². The largest absolute Gasteiger partial charge is 0.497 e. The van der Waals surface area contributed by atoms with Crippen LogP contribution in [0, 0.1) is 11.3 Å². The monoisotopic (exact) mass is 338 g/mol. The van der Waals surface area contributed by atoms with E-state index < -0.39 is 8.53 Å². The van der Waals surface area contributed by atoms with Crippen molar-refractivity contribution in [3.63, 3.8) is 0 Å². The molecule has 0 N–H and O–H groups in total. The van der Waals surface area contributed by atoms with Crippen molar-refractivity contribution in [2.75, 3.05) is 13.7 Å². The van der Waals surface area contributed by atoms with E-state index in [9.17, 15) is 0 Å². The average Bonchev–Trinajstić information content (AvgIpc) is 2.52. The van der Waals surface area contributed by atoms with Gasteiger partial charge in [-0.1, -0.05) is 12.1 Å². The van der Waals surface area contributed by atoms with E-state index in [-0.39, 0.29) is 0 Å². The fourth-order valence-corrected chi connectivity index (χ4v) is 3.77. The van der Waals surface area contributed by atoms with Crippen LogP contribution in [0.1, 0.15) is 39.7 Å². The van der Waals surface area contributed by atoms with Crippen molar-refractivity contribution in [1.29, 1.82) is 5.26 Å². The van der Waals surface area contributed by atoms with Crippen molar-refractivity contribution in [3.05, 3.63) is 29.8 Å². The van der Waals surface area contributed by atoms with Crippen LogP contribution in [0.15, 0.2) is 24.3 Å². The van der Waals surface area contributed by atoms with Gasteiger partial charge in [0.2, 0.25) is 0 Å². The Bertz CT molecular complexity index is 478. The first-order valence-corrected chi connectivity index (χ1v) is 8.96. The minimum absolute atomic E-state index is 0.305. The van der Waals surface area contributed by atoms with Gasteiger partial charge in [-0.2, -0.15) is 5.26 Å². The normalized spacial score (nSPS) is 12.7. The highest BCUT2D eigenvalue weighted by Gasteiger charge is 2.27. The number of hydrogen-bond acceptors (Lipinski definition) is 5. The highest BCUT2D eigenvalue weighted by molar-refractivity contribution is 7.44. The van der Waals surface area contributed by atoms with E-state index >= 15 is 0 Å². The van der Waals surface area contributed by atoms with Gasteiger partial charge in [0.05, 0.1) is 32.8 Å². The summed E-state index contributed by atoms with van der Waals surface area (Å²) in [6.45, 7) is 9.36. The fraction of sp³-hybridized carbons (Fsp3) is 0.588. The van der Waals surface area contributed by atoms with E-state index in [1.807, 2.05) is 24.3 Å². The molecule has 0 aliphatic heterocycles. The van der Waals surface area contributed by atoms with Gasteiger partial charge in [-0.05, 0) is 45.4 Å². The van der Waals surface area contributed by atoms with Crippen molar-refractivity contribution >= 4 is 8.53 Å². The minimum Gasteiger partial charge on any atom is -0.497 e. The van der Waals surface area contributed by atoms with E-state index in [0.29, 0.717) is 31.7 Å². The SMILES string of the molecule is COc1ccc(COP(OCCC#N)N(C(C)C)C(C)C)cc1. The van der Waals surface area contributed by atoms with Crippen LogP contribution in [0.3, 0.4) is 0 Å². The molecule has 1 rings (SSSR count). The van der Waals surface area contributed by atoms with Gasteiger partial charge in [-0.25, -0.2) is 4.67 Å². The molecule has 128 valence electrons. The Hall–Kier alpha value is -1.18. The van der Waals surface area contributed by atoms with Crippen LogP contribution in [0.4, 0.5) is 0 Å². The second-order valence-corrected chi connectivity index (χ2v) is 7.12. The lowest BCUT2D eigenvalue weighted by Gasteiger charge is -2.35. The van der Waals surface area contributed by atoms with Crippen LogP contribution < -0.4 is 4.74 Å². The molecule has 0 heterocycles. The lowest BCUT2D eigenvalue weighted by Crippen LogP contribution is -2.33. The van der Waals surface area contributed by atoms with Crippen LogP contribution in [0.2, 0.25) is 0 Å². The van der Waals surface area contributed by atoms with Crippen molar-refractivity contribution in [2.24, 2.45) is 0 Å². The van der Waals surface area contributed by atoms with Crippen molar-refractivity contribution in [2.45, 2.75) is 52.8 Å². The molecule has 0 bridgehead atoms. The molecule has 0 aromatic heterocycles. The summed E-state index contributed by atoms with van der Waals surface area (Å²) >= 11 is 0. The molecule has 0 saturated carbocycles. The molecule has 1 aromatic carbocycles. The number of ether oxygens (including phenoxy) is 1. The summed E-state index contributed by atoms with van der Waals surface area (Å²) in [5, 5.41) is 8.70. The summed E-state index contributed by atoms with van der Waals surface area (Å²) in [5.74, 6) is 0.826. The molecule has 1 unspecified atom stereocenters. The van der Waals surface area contributed by atoms with Crippen molar-refractivity contribution < 1.29 is 13.8 Å². The molecule has 23 heavy (non-hydrogen) atoms. The summed E-state index contributed by atoms with van der Waals surface area (Å²) in [7, 11) is 0.451. The predicted molar refractivity (Wildman–Crippen MR) is 93.0 cm³/mol.